The first-order chi connectivity index (χ1) is 10.1. The zero-order valence-electron chi connectivity index (χ0n) is 13.6. The molecule has 0 saturated heterocycles. The van der Waals surface area contributed by atoms with E-state index in [1.165, 1.54) is 10.9 Å². The summed E-state index contributed by atoms with van der Waals surface area (Å²) in [7, 11) is 1.77. The molecule has 3 heteroatoms. The lowest BCUT2D eigenvalue weighted by molar-refractivity contribution is 0.105. The first-order valence-corrected chi connectivity index (χ1v) is 7.90. The molecule has 0 aliphatic heterocycles. The summed E-state index contributed by atoms with van der Waals surface area (Å²) in [5.41, 5.74) is 2.24. The van der Waals surface area contributed by atoms with Crippen LogP contribution in [0.15, 0.2) is 28.7 Å². The fourth-order valence-corrected chi connectivity index (χ4v) is 2.54. The van der Waals surface area contributed by atoms with Crippen molar-refractivity contribution in [2.75, 3.05) is 13.7 Å². The topological polar surface area (TPSA) is 34.4 Å². The van der Waals surface area contributed by atoms with Crippen molar-refractivity contribution in [2.45, 2.75) is 52.2 Å². The first-order valence-electron chi connectivity index (χ1n) is 7.90. The Bertz CT molecular complexity index is 561. The fraction of sp³-hybridized carbons (Fsp3) is 0.556. The zero-order valence-corrected chi connectivity index (χ0v) is 13.6. The van der Waals surface area contributed by atoms with Gasteiger partial charge in [0.05, 0.1) is 12.1 Å². The van der Waals surface area contributed by atoms with Crippen molar-refractivity contribution in [2.24, 2.45) is 0 Å². The van der Waals surface area contributed by atoms with Crippen molar-refractivity contribution < 1.29 is 9.15 Å². The second-order valence-electron chi connectivity index (χ2n) is 5.82. The Morgan fingerprint density at radius 3 is 2.76 bits per heavy atom. The molecule has 0 aliphatic carbocycles. The number of hydrogen-bond acceptors (Lipinski definition) is 3. The van der Waals surface area contributed by atoms with Gasteiger partial charge in [-0.15, -0.1) is 0 Å². The van der Waals surface area contributed by atoms with Gasteiger partial charge < -0.3 is 14.5 Å². The van der Waals surface area contributed by atoms with Crippen molar-refractivity contribution in [3.8, 4) is 0 Å². The van der Waals surface area contributed by atoms with Gasteiger partial charge in [0.2, 0.25) is 0 Å². The van der Waals surface area contributed by atoms with Crippen LogP contribution in [0.2, 0.25) is 0 Å². The lowest BCUT2D eigenvalue weighted by atomic mass is 10.1. The van der Waals surface area contributed by atoms with Gasteiger partial charge in [-0.1, -0.05) is 18.6 Å². The van der Waals surface area contributed by atoms with Gasteiger partial charge in [-0.2, -0.15) is 0 Å². The smallest absolute Gasteiger partial charge is 0.134 e. The van der Waals surface area contributed by atoms with Crippen LogP contribution < -0.4 is 5.32 Å². The minimum absolute atomic E-state index is 0.259. The molecular weight excluding hydrogens is 262 g/mol. The molecule has 0 bridgehead atoms. The van der Waals surface area contributed by atoms with Crippen LogP contribution >= 0.6 is 0 Å². The summed E-state index contributed by atoms with van der Waals surface area (Å²) in [6.07, 6.45) is 3.44. The van der Waals surface area contributed by atoms with Crippen molar-refractivity contribution in [1.82, 2.24) is 5.32 Å². The highest BCUT2D eigenvalue weighted by Crippen LogP contribution is 2.27. The van der Waals surface area contributed by atoms with Gasteiger partial charge in [-0.3, -0.25) is 0 Å². The maximum absolute atomic E-state index is 6.04. The molecule has 3 nitrogen and oxygen atoms in total. The second kappa shape index (κ2) is 7.62. The Labute approximate surface area is 127 Å². The summed E-state index contributed by atoms with van der Waals surface area (Å²) >= 11 is 0. The molecule has 21 heavy (non-hydrogen) atoms. The fourth-order valence-electron chi connectivity index (χ4n) is 2.54. The summed E-state index contributed by atoms with van der Waals surface area (Å²) in [4.78, 5) is 0. The van der Waals surface area contributed by atoms with E-state index >= 15 is 0 Å². The highest BCUT2D eigenvalue weighted by molar-refractivity contribution is 5.78. The molecule has 0 saturated carbocycles. The van der Waals surface area contributed by atoms with Crippen LogP contribution in [-0.4, -0.2) is 19.8 Å². The lowest BCUT2D eigenvalue weighted by Crippen LogP contribution is -2.23. The van der Waals surface area contributed by atoms with Crippen LogP contribution in [0.4, 0.5) is 0 Å². The van der Waals surface area contributed by atoms with Gasteiger partial charge in [0, 0.05) is 12.5 Å². The molecule has 0 aliphatic rings. The molecule has 0 fully saturated rings. The average Bonchev–Trinajstić information content (AvgIpc) is 2.89. The van der Waals surface area contributed by atoms with Gasteiger partial charge in [-0.25, -0.2) is 0 Å². The first kappa shape index (κ1) is 16.1. The Kier molecular flexibility index (Phi) is 5.83. The molecule has 1 aromatic carbocycles. The normalized spacial score (nSPS) is 14.5. The molecule has 1 N–H and O–H groups in total. The van der Waals surface area contributed by atoms with Crippen molar-refractivity contribution in [1.29, 1.82) is 0 Å². The second-order valence-corrected chi connectivity index (χ2v) is 5.82. The van der Waals surface area contributed by atoms with E-state index < -0.39 is 0 Å². The quantitative estimate of drug-likeness (QED) is 0.771. The molecule has 2 atom stereocenters. The molecule has 2 aromatic rings. The van der Waals surface area contributed by atoms with E-state index in [1.54, 1.807) is 7.11 Å². The average molecular weight is 289 g/mol. The Morgan fingerprint density at radius 2 is 2.05 bits per heavy atom. The third-order valence-corrected chi connectivity index (χ3v) is 3.94. The van der Waals surface area contributed by atoms with Gasteiger partial charge in [-0.05, 0) is 57.9 Å². The number of rotatable bonds is 8. The number of hydrogen-bond donors (Lipinski definition) is 1. The van der Waals surface area contributed by atoms with E-state index in [1.807, 2.05) is 0 Å². The third-order valence-electron chi connectivity index (χ3n) is 3.94. The van der Waals surface area contributed by atoms with E-state index in [-0.39, 0.29) is 12.1 Å². The molecule has 0 amide bonds. The number of methoxy groups -OCH3 is 1. The van der Waals surface area contributed by atoms with Crippen molar-refractivity contribution in [3.05, 3.63) is 35.6 Å². The van der Waals surface area contributed by atoms with Crippen molar-refractivity contribution in [3.63, 3.8) is 0 Å². The molecule has 2 rings (SSSR count). The number of aryl methyl sites for hydroxylation is 1. The minimum atomic E-state index is 0.259. The molecule has 0 spiro atoms. The Hall–Kier alpha value is -1.32. The van der Waals surface area contributed by atoms with Crippen LogP contribution in [0.1, 0.15) is 50.5 Å². The summed E-state index contributed by atoms with van der Waals surface area (Å²) < 4.78 is 11.4. The van der Waals surface area contributed by atoms with E-state index in [4.69, 9.17) is 9.15 Å². The Morgan fingerprint density at radius 1 is 1.24 bits per heavy atom. The summed E-state index contributed by atoms with van der Waals surface area (Å²) in [5, 5.41) is 4.78. The maximum atomic E-state index is 6.04. The highest BCUT2D eigenvalue weighted by atomic mass is 16.5. The van der Waals surface area contributed by atoms with Crippen LogP contribution in [0.5, 0.6) is 0 Å². The van der Waals surface area contributed by atoms with Crippen LogP contribution in [0, 0.1) is 6.92 Å². The Balaban J connectivity index is 2.16. The van der Waals surface area contributed by atoms with Gasteiger partial charge in [0.1, 0.15) is 11.3 Å². The minimum Gasteiger partial charge on any atom is -0.459 e. The number of benzene rings is 1. The number of ether oxygens (including phenoxy) is 1. The zero-order chi connectivity index (χ0) is 15.2. The van der Waals surface area contributed by atoms with Gasteiger partial charge in [0.15, 0.2) is 0 Å². The third kappa shape index (κ3) is 4.32. The standard InChI is InChI=1S/C18H27NO2/c1-5-10-19-16(8-7-14(3)20-4)18-12-15-11-13(2)6-9-17(15)21-18/h6,9,11-12,14,16,19H,5,7-8,10H2,1-4H3. The van der Waals surface area contributed by atoms with Crippen LogP contribution in [0.3, 0.4) is 0 Å². The number of furan rings is 1. The van der Waals surface area contributed by atoms with Gasteiger partial charge in [0.25, 0.3) is 0 Å². The highest BCUT2D eigenvalue weighted by Gasteiger charge is 2.17. The van der Waals surface area contributed by atoms with Gasteiger partial charge >= 0.3 is 0 Å². The molecule has 1 heterocycles. The monoisotopic (exact) mass is 289 g/mol. The SMILES string of the molecule is CCCNC(CCC(C)OC)c1cc2cc(C)ccc2o1. The van der Waals surface area contributed by atoms with E-state index in [0.717, 1.165) is 37.2 Å². The van der Waals surface area contributed by atoms with Crippen molar-refractivity contribution >= 4 is 11.0 Å². The molecule has 1 aromatic heterocycles. The summed E-state index contributed by atoms with van der Waals surface area (Å²) in [6, 6.07) is 8.76. The molecule has 2 unspecified atom stereocenters. The predicted octanol–water partition coefficient (Wildman–Crippen LogP) is 4.60. The van der Waals surface area contributed by atoms with E-state index in [9.17, 15) is 0 Å². The van der Waals surface area contributed by atoms with E-state index in [2.05, 4.69) is 50.4 Å². The van der Waals surface area contributed by atoms with E-state index in [0.29, 0.717) is 0 Å². The maximum Gasteiger partial charge on any atom is 0.134 e. The summed E-state index contributed by atoms with van der Waals surface area (Å²) in [5.74, 6) is 1.03. The predicted molar refractivity (Wildman–Crippen MR) is 87.7 cm³/mol. The summed E-state index contributed by atoms with van der Waals surface area (Å²) in [6.45, 7) is 7.41. The molecule has 0 radical (unpaired) electrons. The van der Waals surface area contributed by atoms with Crippen LogP contribution in [-0.2, 0) is 4.74 Å². The molecular formula is C18H27NO2. The number of fused-ring (bicyclic) bond motifs is 1. The molecule has 116 valence electrons. The number of nitrogens with one attached hydrogen (secondary N) is 1. The van der Waals surface area contributed by atoms with Crippen LogP contribution in [0.25, 0.3) is 11.0 Å². The largest absolute Gasteiger partial charge is 0.459 e. The lowest BCUT2D eigenvalue weighted by Gasteiger charge is -2.18.